The van der Waals surface area contributed by atoms with E-state index >= 15 is 0 Å². The van der Waals surface area contributed by atoms with Gasteiger partial charge in [0.15, 0.2) is 10.6 Å². The summed E-state index contributed by atoms with van der Waals surface area (Å²) >= 11 is 5.03. The van der Waals surface area contributed by atoms with E-state index in [1.54, 1.807) is 7.11 Å². The van der Waals surface area contributed by atoms with Gasteiger partial charge in [-0.05, 0) is 25.6 Å². The molecule has 1 rings (SSSR count). The molecule has 0 aliphatic rings. The highest BCUT2D eigenvalue weighted by atomic mass is 32.1. The Kier molecular flexibility index (Phi) is 2.87. The molecule has 0 saturated heterocycles. The van der Waals surface area contributed by atoms with Crippen LogP contribution < -0.4 is 0 Å². The molecule has 1 aromatic rings. The quantitative estimate of drug-likeness (QED) is 0.758. The molecule has 0 aliphatic heterocycles. The number of hydrogen-bond donors (Lipinski definition) is 1. The summed E-state index contributed by atoms with van der Waals surface area (Å²) in [4.78, 5) is 0. The van der Waals surface area contributed by atoms with E-state index in [0.717, 1.165) is 12.2 Å². The van der Waals surface area contributed by atoms with Crippen molar-refractivity contribution < 1.29 is 4.74 Å². The molecule has 0 aliphatic carbocycles. The second kappa shape index (κ2) is 3.59. The van der Waals surface area contributed by atoms with Crippen molar-refractivity contribution in [3.05, 3.63) is 10.6 Å². The van der Waals surface area contributed by atoms with Crippen LogP contribution in [0.3, 0.4) is 0 Å². The second-order valence-electron chi connectivity index (χ2n) is 3.20. The number of aromatic amines is 1. The lowest BCUT2D eigenvalue weighted by Crippen LogP contribution is -2.27. The molecule has 0 amide bonds. The van der Waals surface area contributed by atoms with Crippen molar-refractivity contribution in [1.82, 2.24) is 14.8 Å². The van der Waals surface area contributed by atoms with Gasteiger partial charge in [-0.1, -0.05) is 6.92 Å². The van der Waals surface area contributed by atoms with E-state index in [0.29, 0.717) is 4.77 Å². The van der Waals surface area contributed by atoms with E-state index in [4.69, 9.17) is 17.0 Å². The van der Waals surface area contributed by atoms with Crippen LogP contribution in [0.25, 0.3) is 0 Å². The molecular formula is C8H15N3OS. The fraction of sp³-hybridized carbons (Fsp3) is 0.750. The molecule has 74 valence electrons. The Balaban J connectivity index is 3.20. The average molecular weight is 201 g/mol. The number of ether oxygens (including phenoxy) is 1. The van der Waals surface area contributed by atoms with Crippen LogP contribution in [0.5, 0.6) is 0 Å². The Morgan fingerprint density at radius 2 is 2.31 bits per heavy atom. The summed E-state index contributed by atoms with van der Waals surface area (Å²) in [5.74, 6) is 0.836. The van der Waals surface area contributed by atoms with Crippen molar-refractivity contribution in [3.8, 4) is 0 Å². The molecule has 0 fully saturated rings. The fourth-order valence-corrected chi connectivity index (χ4v) is 1.35. The zero-order chi connectivity index (χ0) is 10.1. The molecule has 0 aromatic carbocycles. The summed E-state index contributed by atoms with van der Waals surface area (Å²) in [5.41, 5.74) is -0.359. The highest BCUT2D eigenvalue weighted by Crippen LogP contribution is 2.25. The van der Waals surface area contributed by atoms with Gasteiger partial charge < -0.3 is 9.30 Å². The SMILES string of the molecule is CCC(C)(OC)c1n[nH]c(=S)n1C. The van der Waals surface area contributed by atoms with Crippen molar-refractivity contribution >= 4 is 12.2 Å². The number of rotatable bonds is 3. The Hall–Kier alpha value is -0.680. The molecule has 1 heterocycles. The lowest BCUT2D eigenvalue weighted by Gasteiger charge is -2.24. The van der Waals surface area contributed by atoms with E-state index in [1.165, 1.54) is 0 Å². The van der Waals surface area contributed by atoms with Crippen molar-refractivity contribution in [1.29, 1.82) is 0 Å². The van der Waals surface area contributed by atoms with Crippen molar-refractivity contribution in [2.24, 2.45) is 7.05 Å². The van der Waals surface area contributed by atoms with E-state index in [-0.39, 0.29) is 5.60 Å². The molecule has 1 aromatic heterocycles. The first-order chi connectivity index (χ1) is 6.05. The van der Waals surface area contributed by atoms with Gasteiger partial charge in [0, 0.05) is 14.2 Å². The maximum absolute atomic E-state index is 5.42. The summed E-state index contributed by atoms with van der Waals surface area (Å²) in [5, 5.41) is 6.90. The second-order valence-corrected chi connectivity index (χ2v) is 3.59. The predicted molar refractivity (Wildman–Crippen MR) is 53.0 cm³/mol. The van der Waals surface area contributed by atoms with Gasteiger partial charge in [-0.3, -0.25) is 5.10 Å². The van der Waals surface area contributed by atoms with Crippen LogP contribution in [0.4, 0.5) is 0 Å². The molecule has 0 spiro atoms. The third-order valence-electron chi connectivity index (χ3n) is 2.48. The maximum atomic E-state index is 5.42. The fourth-order valence-electron chi connectivity index (χ4n) is 1.21. The highest BCUT2D eigenvalue weighted by Gasteiger charge is 2.28. The molecule has 5 heteroatoms. The van der Waals surface area contributed by atoms with Crippen LogP contribution in [0.15, 0.2) is 0 Å². The Morgan fingerprint density at radius 3 is 2.62 bits per heavy atom. The minimum absolute atomic E-state index is 0.359. The minimum Gasteiger partial charge on any atom is -0.371 e. The normalized spacial score (nSPS) is 15.7. The van der Waals surface area contributed by atoms with E-state index in [2.05, 4.69) is 17.1 Å². The largest absolute Gasteiger partial charge is 0.371 e. The zero-order valence-electron chi connectivity index (χ0n) is 8.42. The van der Waals surface area contributed by atoms with Gasteiger partial charge in [0.2, 0.25) is 0 Å². The first kappa shape index (κ1) is 10.4. The molecular weight excluding hydrogens is 186 g/mol. The van der Waals surface area contributed by atoms with Crippen LogP contribution in [0.2, 0.25) is 0 Å². The van der Waals surface area contributed by atoms with Crippen LogP contribution in [0, 0.1) is 4.77 Å². The standard InChI is InChI=1S/C8H15N3OS/c1-5-8(2,12-4)6-9-10-7(13)11(6)3/h5H2,1-4H3,(H,10,13). The van der Waals surface area contributed by atoms with Gasteiger partial charge in [-0.15, -0.1) is 0 Å². The molecule has 0 saturated carbocycles. The highest BCUT2D eigenvalue weighted by molar-refractivity contribution is 7.71. The third kappa shape index (κ3) is 1.66. The Labute approximate surface area is 82.9 Å². The molecule has 1 unspecified atom stereocenters. The summed E-state index contributed by atoms with van der Waals surface area (Å²) in [7, 11) is 3.56. The molecule has 0 bridgehead atoms. The summed E-state index contributed by atoms with van der Waals surface area (Å²) in [6, 6.07) is 0. The smallest absolute Gasteiger partial charge is 0.194 e. The van der Waals surface area contributed by atoms with Gasteiger partial charge in [0.05, 0.1) is 0 Å². The zero-order valence-corrected chi connectivity index (χ0v) is 9.23. The molecule has 4 nitrogen and oxygen atoms in total. The van der Waals surface area contributed by atoms with Crippen LogP contribution in [-0.4, -0.2) is 21.9 Å². The van der Waals surface area contributed by atoms with E-state index < -0.39 is 0 Å². The lowest BCUT2D eigenvalue weighted by molar-refractivity contribution is -0.0114. The Morgan fingerprint density at radius 1 is 1.69 bits per heavy atom. The van der Waals surface area contributed by atoms with Gasteiger partial charge in [-0.25, -0.2) is 0 Å². The topological polar surface area (TPSA) is 42.8 Å². The average Bonchev–Trinajstić information content (AvgIpc) is 2.47. The summed E-state index contributed by atoms with van der Waals surface area (Å²) < 4.78 is 7.87. The van der Waals surface area contributed by atoms with Gasteiger partial charge in [-0.2, -0.15) is 5.10 Å². The van der Waals surface area contributed by atoms with Crippen molar-refractivity contribution in [3.63, 3.8) is 0 Å². The number of methoxy groups -OCH3 is 1. The van der Waals surface area contributed by atoms with Gasteiger partial charge >= 0.3 is 0 Å². The third-order valence-corrected chi connectivity index (χ3v) is 2.84. The number of aromatic nitrogens is 3. The lowest BCUT2D eigenvalue weighted by atomic mass is 10.0. The number of nitrogens with one attached hydrogen (secondary N) is 1. The predicted octanol–water partition coefficient (Wildman–Crippen LogP) is 1.75. The number of H-pyrrole nitrogens is 1. The minimum atomic E-state index is -0.359. The first-order valence-electron chi connectivity index (χ1n) is 4.22. The van der Waals surface area contributed by atoms with Gasteiger partial charge in [0.25, 0.3) is 0 Å². The summed E-state index contributed by atoms with van der Waals surface area (Å²) in [6.45, 7) is 4.05. The Bertz CT molecular complexity index is 337. The molecule has 13 heavy (non-hydrogen) atoms. The van der Waals surface area contributed by atoms with Crippen molar-refractivity contribution in [2.45, 2.75) is 25.9 Å². The maximum Gasteiger partial charge on any atom is 0.194 e. The molecule has 1 N–H and O–H groups in total. The van der Waals surface area contributed by atoms with Crippen LogP contribution >= 0.6 is 12.2 Å². The van der Waals surface area contributed by atoms with E-state index in [9.17, 15) is 0 Å². The first-order valence-corrected chi connectivity index (χ1v) is 4.63. The van der Waals surface area contributed by atoms with Crippen LogP contribution in [0.1, 0.15) is 26.1 Å². The van der Waals surface area contributed by atoms with E-state index in [1.807, 2.05) is 18.5 Å². The monoisotopic (exact) mass is 201 g/mol. The molecule has 0 radical (unpaired) electrons. The number of nitrogens with zero attached hydrogens (tertiary/aromatic N) is 2. The molecule has 1 atom stereocenters. The summed E-state index contributed by atoms with van der Waals surface area (Å²) in [6.07, 6.45) is 0.858. The number of hydrogen-bond acceptors (Lipinski definition) is 3. The van der Waals surface area contributed by atoms with Crippen molar-refractivity contribution in [2.75, 3.05) is 7.11 Å². The van der Waals surface area contributed by atoms with Crippen LogP contribution in [-0.2, 0) is 17.4 Å². The van der Waals surface area contributed by atoms with Gasteiger partial charge in [0.1, 0.15) is 5.60 Å².